The highest BCUT2D eigenvalue weighted by Crippen LogP contribution is 2.67. The van der Waals surface area contributed by atoms with E-state index >= 15 is 0 Å². The van der Waals surface area contributed by atoms with Gasteiger partial charge in [0.25, 0.3) is 0 Å². The molecule has 6 heteroatoms. The van der Waals surface area contributed by atoms with Crippen molar-refractivity contribution in [2.45, 2.75) is 271 Å². The number of ether oxygens (including phenoxy) is 1. The molecule has 4 fully saturated rings. The molecule has 3 saturated carbocycles. The summed E-state index contributed by atoms with van der Waals surface area (Å²) in [6, 6.07) is 0.432. The van der Waals surface area contributed by atoms with E-state index in [1.807, 2.05) is 0 Å². The van der Waals surface area contributed by atoms with Crippen LogP contribution in [-0.2, 0) is 9.53 Å². The van der Waals surface area contributed by atoms with Crippen LogP contribution in [0.25, 0.3) is 0 Å². The molecule has 2 unspecified atom stereocenters. The lowest BCUT2D eigenvalue weighted by atomic mass is 9.47. The van der Waals surface area contributed by atoms with Crippen LogP contribution in [0.1, 0.15) is 253 Å². The van der Waals surface area contributed by atoms with Gasteiger partial charge < -0.3 is 10.1 Å². The van der Waals surface area contributed by atoms with E-state index in [1.54, 1.807) is 5.57 Å². The summed E-state index contributed by atoms with van der Waals surface area (Å²) in [5.41, 5.74) is 10.0. The van der Waals surface area contributed by atoms with Crippen LogP contribution in [-0.4, -0.2) is 40.8 Å². The van der Waals surface area contributed by atoms with Crippen molar-refractivity contribution in [2.75, 3.05) is 0 Å². The Morgan fingerprint density at radius 1 is 0.700 bits per heavy atom. The minimum atomic E-state index is 0.0205. The molecule has 5 aliphatic heterocycles. The van der Waals surface area contributed by atoms with Crippen molar-refractivity contribution < 1.29 is 9.53 Å². The van der Waals surface area contributed by atoms with Crippen molar-refractivity contribution in [3.63, 3.8) is 0 Å². The highest BCUT2D eigenvalue weighted by atomic mass is 16.5. The largest absolute Gasteiger partial charge is 0.462 e. The van der Waals surface area contributed by atoms with Gasteiger partial charge in [-0.05, 0) is 199 Å². The monoisotopic (exact) mass is 955 g/mol. The summed E-state index contributed by atoms with van der Waals surface area (Å²) in [5.74, 6) is 5.25. The molecule has 1 saturated heterocycles. The summed E-state index contributed by atoms with van der Waals surface area (Å²) in [4.78, 5) is 28.6. The fraction of sp³-hybridized carbons (Fsp3) is 0.781. The summed E-state index contributed by atoms with van der Waals surface area (Å²) >= 11 is 0. The van der Waals surface area contributed by atoms with E-state index in [0.717, 1.165) is 99.7 Å². The second-order valence-electron chi connectivity index (χ2n) is 25.7. The van der Waals surface area contributed by atoms with Crippen LogP contribution in [0.4, 0.5) is 0 Å². The predicted octanol–water partition coefficient (Wildman–Crippen LogP) is 17.2. The lowest BCUT2D eigenvalue weighted by molar-refractivity contribution is -0.151. The maximum absolute atomic E-state index is 13.0. The Labute approximate surface area is 427 Å². The van der Waals surface area contributed by atoms with E-state index in [4.69, 9.17) is 19.7 Å². The molecule has 9 aliphatic rings. The van der Waals surface area contributed by atoms with Crippen LogP contribution in [0.2, 0.25) is 0 Å². The number of carbonyl (C=O) groups excluding carboxylic acids is 1. The number of aliphatic imine (C=N–C) groups is 3. The van der Waals surface area contributed by atoms with Crippen molar-refractivity contribution in [1.29, 1.82) is 0 Å². The molecule has 4 aliphatic carbocycles. The van der Waals surface area contributed by atoms with Crippen LogP contribution in [0.5, 0.6) is 0 Å². The van der Waals surface area contributed by atoms with Gasteiger partial charge in [-0.2, -0.15) is 0 Å². The number of hydrogen-bond acceptors (Lipinski definition) is 6. The Balaban J connectivity index is 0.597. The molecule has 386 valence electrons. The summed E-state index contributed by atoms with van der Waals surface area (Å²) < 4.78 is 6.20. The third-order valence-corrected chi connectivity index (χ3v) is 20.5. The van der Waals surface area contributed by atoms with Gasteiger partial charge in [0.15, 0.2) is 0 Å². The summed E-state index contributed by atoms with van der Waals surface area (Å²) in [6.45, 7) is 12.7. The molecule has 0 amide bonds. The van der Waals surface area contributed by atoms with Crippen molar-refractivity contribution >= 4 is 23.1 Å². The van der Waals surface area contributed by atoms with Crippen molar-refractivity contribution in [2.24, 2.45) is 61.3 Å². The lowest BCUT2D eigenvalue weighted by Gasteiger charge is -2.58. The first kappa shape index (κ1) is 51.9. The number of unbranched alkanes of at least 4 members (excludes halogenated alkanes) is 11. The van der Waals surface area contributed by atoms with Gasteiger partial charge in [0.1, 0.15) is 6.10 Å². The zero-order valence-electron chi connectivity index (χ0n) is 45.3. The smallest absolute Gasteiger partial charge is 0.306 e. The maximum Gasteiger partial charge on any atom is 0.306 e. The first-order valence-electron chi connectivity index (χ1n) is 30.2. The number of allylic oxidation sites excluding steroid dienone is 9. The highest BCUT2D eigenvalue weighted by Gasteiger charge is 2.59. The van der Waals surface area contributed by atoms with E-state index in [1.165, 1.54) is 182 Å². The first-order chi connectivity index (χ1) is 34.0. The van der Waals surface area contributed by atoms with Crippen LogP contribution >= 0.6 is 0 Å². The number of nitrogens with one attached hydrogen (secondary N) is 1. The molecule has 0 aromatic carbocycles. The average Bonchev–Trinajstić information content (AvgIpc) is 4.20. The number of rotatable bonds is 23. The van der Waals surface area contributed by atoms with Gasteiger partial charge in [0.2, 0.25) is 0 Å². The maximum atomic E-state index is 13.0. The average molecular weight is 956 g/mol. The fourth-order valence-electron chi connectivity index (χ4n) is 16.4. The van der Waals surface area contributed by atoms with E-state index in [9.17, 15) is 4.79 Å². The normalized spacial score (nSPS) is 33.7. The Hall–Kier alpha value is -3.02. The molecule has 0 aromatic heterocycles. The Kier molecular flexibility index (Phi) is 17.7. The number of fused-ring (bicyclic) bond motifs is 11. The molecule has 6 nitrogen and oxygen atoms in total. The molecule has 0 spiro atoms. The molecule has 0 radical (unpaired) electrons. The molecule has 0 aromatic rings. The molecule has 10 atom stereocenters. The van der Waals surface area contributed by atoms with Gasteiger partial charge in [0.05, 0.1) is 11.6 Å². The van der Waals surface area contributed by atoms with Crippen molar-refractivity contribution in [3.05, 3.63) is 59.1 Å². The number of nitrogens with zero attached hydrogens (tertiary/aromatic N) is 3. The van der Waals surface area contributed by atoms with Gasteiger partial charge in [-0.1, -0.05) is 129 Å². The first-order valence-corrected chi connectivity index (χ1v) is 30.2. The Morgan fingerprint density at radius 2 is 1.40 bits per heavy atom. The minimum absolute atomic E-state index is 0.0205. The standard InChI is InChI=1S/C64H98N4O2/c1-46(2)22-21-23-47(3)57-32-33-58-56-31-25-48-42-55(36-39-62(48,4)59(56)37-40-63(57,58)5)70-61(69)24-19-17-15-13-11-9-7-6-8-10-12-14-16-18-20-38-64-41-35-54(68-64)45-52-29-28-50(66-52)43-49-26-27-51(65-49)44-53-30-34-60(64)67-53/h6-7,25,43-47,55-60,67H,8-24,26-42H2,1-5H3/b7-6-,49-43?,52-45?,53-44?/t47-,55+,56+,57-,58+,59+,60?,62+,63-,64?/m1/s1. The van der Waals surface area contributed by atoms with Gasteiger partial charge >= 0.3 is 5.97 Å². The fourth-order valence-corrected chi connectivity index (χ4v) is 16.4. The van der Waals surface area contributed by atoms with Gasteiger partial charge in [-0.3, -0.25) is 19.8 Å². The quantitative estimate of drug-likeness (QED) is 0.0630. The summed E-state index contributed by atoms with van der Waals surface area (Å²) in [5, 5.41) is 3.97. The number of hydrogen-bond donors (Lipinski definition) is 1. The zero-order valence-corrected chi connectivity index (χ0v) is 45.3. The topological polar surface area (TPSA) is 75.4 Å². The van der Waals surface area contributed by atoms with Gasteiger partial charge in [0, 0.05) is 47.1 Å². The molecule has 8 bridgehead atoms. The van der Waals surface area contributed by atoms with Crippen molar-refractivity contribution in [3.8, 4) is 0 Å². The van der Waals surface area contributed by atoms with E-state index in [-0.39, 0.29) is 17.6 Å². The SMILES string of the molecule is CC(C)CCC[C@@H](C)[C@H]1CC[C@H]2[C@@H]3CC=C4C[C@@H](OC(=O)CCCCCCC/C=C\CCCCCCCCC56CCC(=N5)C=C5CCC(=N5)C=C5CCC(=N5)C=C5CCC6N5)CC[C@]4(C)[C@H]3CC[C@]12C. The highest BCUT2D eigenvalue weighted by molar-refractivity contribution is 6.03. The Bertz CT molecular complexity index is 2070. The van der Waals surface area contributed by atoms with E-state index < -0.39 is 0 Å². The van der Waals surface area contributed by atoms with Crippen LogP contribution in [0.15, 0.2) is 74.1 Å². The summed E-state index contributed by atoms with van der Waals surface area (Å²) in [7, 11) is 0. The van der Waals surface area contributed by atoms with Gasteiger partial charge in [-0.15, -0.1) is 0 Å². The predicted molar refractivity (Wildman–Crippen MR) is 294 cm³/mol. The molecule has 5 heterocycles. The Morgan fingerprint density at radius 3 is 2.16 bits per heavy atom. The third kappa shape index (κ3) is 12.5. The van der Waals surface area contributed by atoms with E-state index in [2.05, 4.69) is 76.4 Å². The number of carbonyl (C=O) groups is 1. The van der Waals surface area contributed by atoms with Gasteiger partial charge in [-0.25, -0.2) is 0 Å². The molecule has 9 rings (SSSR count). The number of esters is 1. The van der Waals surface area contributed by atoms with Crippen LogP contribution in [0, 0.1) is 46.3 Å². The third-order valence-electron chi connectivity index (χ3n) is 20.5. The second-order valence-corrected chi connectivity index (χ2v) is 25.7. The van der Waals surface area contributed by atoms with Crippen LogP contribution in [0.3, 0.4) is 0 Å². The van der Waals surface area contributed by atoms with Crippen molar-refractivity contribution in [1.82, 2.24) is 5.32 Å². The lowest BCUT2D eigenvalue weighted by Crippen LogP contribution is -2.51. The minimum Gasteiger partial charge on any atom is -0.462 e. The van der Waals surface area contributed by atoms with Crippen LogP contribution < -0.4 is 5.32 Å². The molecule has 70 heavy (non-hydrogen) atoms. The van der Waals surface area contributed by atoms with E-state index in [0.29, 0.717) is 23.3 Å². The summed E-state index contributed by atoms with van der Waals surface area (Å²) in [6.07, 6.45) is 55.7. The zero-order chi connectivity index (χ0) is 48.6. The molecular weight excluding hydrogens is 857 g/mol. The molecular formula is C64H98N4O2. The second kappa shape index (κ2) is 23.9. The molecule has 1 N–H and O–H groups in total.